The predicted molar refractivity (Wildman–Crippen MR) is 46.7 cm³/mol. The number of hydrogen-bond acceptors (Lipinski definition) is 2. The monoisotopic (exact) mass is 170 g/mol. The van der Waals surface area contributed by atoms with E-state index in [4.69, 9.17) is 0 Å². The highest BCUT2D eigenvalue weighted by atomic mass is 16.3. The Kier molecular flexibility index (Phi) is 1.59. The number of rotatable bonds is 0. The van der Waals surface area contributed by atoms with Crippen molar-refractivity contribution >= 4 is 0 Å². The van der Waals surface area contributed by atoms with Gasteiger partial charge in [0, 0.05) is 0 Å². The molecule has 0 aromatic carbocycles. The van der Waals surface area contributed by atoms with Crippen molar-refractivity contribution in [3.63, 3.8) is 0 Å². The topological polar surface area (TPSA) is 40.5 Å². The first kappa shape index (κ1) is 8.52. The maximum Gasteiger partial charge on any atom is 0.0628 e. The van der Waals surface area contributed by atoms with Gasteiger partial charge in [-0.15, -0.1) is 0 Å². The summed E-state index contributed by atoms with van der Waals surface area (Å²) in [6.07, 6.45) is 3.40. The molecule has 2 fully saturated rings. The molecule has 0 spiro atoms. The summed E-state index contributed by atoms with van der Waals surface area (Å²) in [6.45, 7) is 4.12. The number of fused-ring (bicyclic) bond motifs is 1. The highest BCUT2D eigenvalue weighted by molar-refractivity contribution is 5.04. The molecule has 12 heavy (non-hydrogen) atoms. The molecule has 2 rings (SSSR count). The van der Waals surface area contributed by atoms with E-state index in [2.05, 4.69) is 6.92 Å². The molecule has 2 aliphatic rings. The molecule has 0 bridgehead atoms. The molecule has 0 amide bonds. The van der Waals surface area contributed by atoms with Gasteiger partial charge < -0.3 is 10.2 Å². The lowest BCUT2D eigenvalue weighted by atomic mass is 9.82. The molecular weight excluding hydrogens is 152 g/mol. The van der Waals surface area contributed by atoms with Crippen molar-refractivity contribution in [2.75, 3.05) is 0 Å². The fraction of sp³-hybridized carbons (Fsp3) is 1.00. The molecule has 0 heterocycles. The molecule has 0 radical (unpaired) electrons. The Morgan fingerprint density at radius 1 is 1.25 bits per heavy atom. The van der Waals surface area contributed by atoms with Crippen molar-refractivity contribution in [2.24, 2.45) is 11.3 Å². The van der Waals surface area contributed by atoms with Gasteiger partial charge >= 0.3 is 0 Å². The molecule has 2 nitrogen and oxygen atoms in total. The Bertz CT molecular complexity index is 200. The van der Waals surface area contributed by atoms with E-state index in [-0.39, 0.29) is 11.5 Å². The van der Waals surface area contributed by atoms with Gasteiger partial charge in [-0.05, 0) is 43.9 Å². The number of aliphatic hydroxyl groups is 2. The average Bonchev–Trinajstić information content (AvgIpc) is 2.11. The molecule has 70 valence electrons. The maximum absolute atomic E-state index is 9.87. The molecule has 0 aromatic rings. The number of aliphatic hydroxyl groups excluding tert-OH is 1. The van der Waals surface area contributed by atoms with Crippen LogP contribution in [0.25, 0.3) is 0 Å². The Labute approximate surface area is 73.6 Å². The summed E-state index contributed by atoms with van der Waals surface area (Å²) in [5, 5.41) is 19.4. The highest BCUT2D eigenvalue weighted by Crippen LogP contribution is 2.57. The molecule has 2 saturated carbocycles. The van der Waals surface area contributed by atoms with E-state index in [0.29, 0.717) is 5.92 Å². The predicted octanol–water partition coefficient (Wildman–Crippen LogP) is 1.31. The Balaban J connectivity index is 2.17. The van der Waals surface area contributed by atoms with Crippen LogP contribution in [0.15, 0.2) is 0 Å². The van der Waals surface area contributed by atoms with Gasteiger partial charge in [0.15, 0.2) is 0 Å². The van der Waals surface area contributed by atoms with Gasteiger partial charge in [0.25, 0.3) is 0 Å². The van der Waals surface area contributed by atoms with Gasteiger partial charge in [-0.2, -0.15) is 0 Å². The SMILES string of the molecule is C[C@@]1(O)C[C@@H]2C[C@H](O)C[C@]2(C)C1. The zero-order valence-electron chi connectivity index (χ0n) is 7.88. The van der Waals surface area contributed by atoms with E-state index in [9.17, 15) is 10.2 Å². The van der Waals surface area contributed by atoms with Crippen LogP contribution in [0, 0.1) is 11.3 Å². The summed E-state index contributed by atoms with van der Waals surface area (Å²) in [5.74, 6) is 0.544. The van der Waals surface area contributed by atoms with Crippen molar-refractivity contribution in [1.82, 2.24) is 0 Å². The van der Waals surface area contributed by atoms with Crippen LogP contribution >= 0.6 is 0 Å². The summed E-state index contributed by atoms with van der Waals surface area (Å²) in [4.78, 5) is 0. The Morgan fingerprint density at radius 3 is 2.50 bits per heavy atom. The van der Waals surface area contributed by atoms with Crippen LogP contribution in [0.2, 0.25) is 0 Å². The Hall–Kier alpha value is -0.0800. The van der Waals surface area contributed by atoms with Gasteiger partial charge in [-0.1, -0.05) is 6.92 Å². The molecule has 0 unspecified atom stereocenters. The normalized spacial score (nSPS) is 59.0. The van der Waals surface area contributed by atoms with Gasteiger partial charge in [0.1, 0.15) is 0 Å². The molecule has 0 saturated heterocycles. The second-order valence-electron chi connectivity index (χ2n) is 5.32. The van der Waals surface area contributed by atoms with Gasteiger partial charge in [0.05, 0.1) is 11.7 Å². The smallest absolute Gasteiger partial charge is 0.0628 e. The third-order valence-electron chi connectivity index (χ3n) is 3.71. The zero-order valence-corrected chi connectivity index (χ0v) is 7.88. The maximum atomic E-state index is 9.87. The first-order chi connectivity index (χ1) is 5.41. The molecule has 0 aromatic heterocycles. The lowest BCUT2D eigenvalue weighted by molar-refractivity contribution is 0.0432. The molecule has 4 atom stereocenters. The summed E-state index contributed by atoms with van der Waals surface area (Å²) in [5.41, 5.74) is -0.261. The number of hydrogen-bond donors (Lipinski definition) is 2. The standard InChI is InChI=1S/C10H18O2/c1-9-5-8(11)3-7(9)4-10(2,12)6-9/h7-8,11-12H,3-6H2,1-2H3/t7-,8-,9+,10+/m0/s1. The fourth-order valence-corrected chi connectivity index (χ4v) is 3.42. The minimum absolute atomic E-state index is 0.115. The van der Waals surface area contributed by atoms with Crippen LogP contribution < -0.4 is 0 Å². The first-order valence-electron chi connectivity index (χ1n) is 4.82. The first-order valence-corrected chi connectivity index (χ1v) is 4.82. The van der Waals surface area contributed by atoms with E-state index in [1.165, 1.54) is 0 Å². The summed E-state index contributed by atoms with van der Waals surface area (Å²) < 4.78 is 0. The summed E-state index contributed by atoms with van der Waals surface area (Å²) >= 11 is 0. The fourth-order valence-electron chi connectivity index (χ4n) is 3.42. The van der Waals surface area contributed by atoms with Gasteiger partial charge in [0.2, 0.25) is 0 Å². The van der Waals surface area contributed by atoms with Gasteiger partial charge in [-0.25, -0.2) is 0 Å². The van der Waals surface area contributed by atoms with Gasteiger partial charge in [-0.3, -0.25) is 0 Å². The van der Waals surface area contributed by atoms with E-state index >= 15 is 0 Å². The minimum Gasteiger partial charge on any atom is -0.393 e. The van der Waals surface area contributed by atoms with Crippen molar-refractivity contribution in [3.05, 3.63) is 0 Å². The zero-order chi connectivity index (χ0) is 8.98. The third kappa shape index (κ3) is 1.17. The van der Waals surface area contributed by atoms with Crippen molar-refractivity contribution < 1.29 is 10.2 Å². The quantitative estimate of drug-likeness (QED) is 0.575. The molecule has 2 aliphatic carbocycles. The second kappa shape index (κ2) is 2.24. The lowest BCUT2D eigenvalue weighted by Gasteiger charge is -2.24. The van der Waals surface area contributed by atoms with Crippen LogP contribution in [0.4, 0.5) is 0 Å². The van der Waals surface area contributed by atoms with Crippen LogP contribution in [-0.2, 0) is 0 Å². The lowest BCUT2D eigenvalue weighted by Crippen LogP contribution is -2.23. The van der Waals surface area contributed by atoms with Crippen LogP contribution in [0.3, 0.4) is 0 Å². The minimum atomic E-state index is -0.473. The molecule has 0 aliphatic heterocycles. The summed E-state index contributed by atoms with van der Waals surface area (Å²) in [7, 11) is 0. The van der Waals surface area contributed by atoms with E-state index in [1.54, 1.807) is 0 Å². The Morgan fingerprint density at radius 2 is 1.92 bits per heavy atom. The molecule has 2 heteroatoms. The average molecular weight is 170 g/mol. The van der Waals surface area contributed by atoms with E-state index < -0.39 is 5.60 Å². The highest BCUT2D eigenvalue weighted by Gasteiger charge is 2.53. The van der Waals surface area contributed by atoms with E-state index in [1.807, 2.05) is 6.92 Å². The largest absolute Gasteiger partial charge is 0.393 e. The van der Waals surface area contributed by atoms with Crippen LogP contribution in [0.1, 0.15) is 39.5 Å². The van der Waals surface area contributed by atoms with Crippen molar-refractivity contribution in [3.8, 4) is 0 Å². The molecule has 2 N–H and O–H groups in total. The summed E-state index contributed by atoms with van der Waals surface area (Å²) in [6, 6.07) is 0. The third-order valence-corrected chi connectivity index (χ3v) is 3.71. The van der Waals surface area contributed by atoms with Crippen LogP contribution in [-0.4, -0.2) is 21.9 Å². The van der Waals surface area contributed by atoms with Crippen molar-refractivity contribution in [1.29, 1.82) is 0 Å². The van der Waals surface area contributed by atoms with Crippen LogP contribution in [0.5, 0.6) is 0 Å². The molecular formula is C10H18O2. The van der Waals surface area contributed by atoms with Crippen molar-refractivity contribution in [2.45, 2.75) is 51.2 Å². The second-order valence-corrected chi connectivity index (χ2v) is 5.32. The van der Waals surface area contributed by atoms with E-state index in [0.717, 1.165) is 25.7 Å².